The van der Waals surface area contributed by atoms with E-state index in [4.69, 9.17) is 0 Å². The van der Waals surface area contributed by atoms with Crippen LogP contribution in [0.5, 0.6) is 0 Å². The van der Waals surface area contributed by atoms with Crippen molar-refractivity contribution in [3.8, 4) is 0 Å². The number of fused-ring (bicyclic) bond motifs is 1. The summed E-state index contributed by atoms with van der Waals surface area (Å²) >= 11 is 3.24. The fraction of sp³-hybridized carbons (Fsp3) is 0.312. The number of thioether (sulfide) groups is 1. The Kier molecular flexibility index (Phi) is 6.30. The lowest BCUT2D eigenvalue weighted by Crippen LogP contribution is -2.23. The Morgan fingerprint density at radius 3 is 3.00 bits per heavy atom. The van der Waals surface area contributed by atoms with Crippen molar-refractivity contribution in [2.24, 2.45) is 9.98 Å². The van der Waals surface area contributed by atoms with E-state index in [2.05, 4.69) is 27.8 Å². The third-order valence-corrected chi connectivity index (χ3v) is 5.33. The van der Waals surface area contributed by atoms with Crippen LogP contribution in [0.4, 0.5) is 0 Å². The van der Waals surface area contributed by atoms with Crippen molar-refractivity contribution in [2.75, 3.05) is 6.54 Å². The average Bonchev–Trinajstić information content (AvgIpc) is 2.89. The lowest BCUT2D eigenvalue weighted by Gasteiger charge is -2.14. The first-order chi connectivity index (χ1) is 10.6. The van der Waals surface area contributed by atoms with E-state index in [1.54, 1.807) is 35.5 Å². The van der Waals surface area contributed by atoms with Crippen molar-refractivity contribution >= 4 is 46.2 Å². The molecule has 2 unspecified atom stereocenters. The number of rotatable bonds is 7. The molecule has 1 N–H and O–H groups in total. The van der Waals surface area contributed by atoms with Gasteiger partial charge in [-0.15, -0.1) is 11.3 Å². The molecule has 4 nitrogen and oxygen atoms in total. The van der Waals surface area contributed by atoms with Gasteiger partial charge in [0.15, 0.2) is 4.34 Å². The first-order valence-electron chi connectivity index (χ1n) is 6.93. The molecule has 0 fully saturated rings. The van der Waals surface area contributed by atoms with Gasteiger partial charge in [-0.3, -0.25) is 9.98 Å². The van der Waals surface area contributed by atoms with Crippen molar-refractivity contribution in [1.29, 1.82) is 0 Å². The fourth-order valence-corrected chi connectivity index (χ4v) is 4.10. The number of benzene rings is 1. The van der Waals surface area contributed by atoms with Gasteiger partial charge in [0.25, 0.3) is 0 Å². The Labute approximate surface area is 138 Å². The zero-order chi connectivity index (χ0) is 15.9. The van der Waals surface area contributed by atoms with Crippen molar-refractivity contribution < 1.29 is 5.11 Å². The summed E-state index contributed by atoms with van der Waals surface area (Å²) in [5.41, 5.74) is 1.92. The summed E-state index contributed by atoms with van der Waals surface area (Å²) in [6.45, 7) is 7.64. The van der Waals surface area contributed by atoms with Crippen LogP contribution in [0.1, 0.15) is 13.8 Å². The van der Waals surface area contributed by atoms with Crippen molar-refractivity contribution in [3.63, 3.8) is 0 Å². The molecular weight excluding hydrogens is 314 g/mol. The molecular formula is C16H19N3OS2. The van der Waals surface area contributed by atoms with E-state index in [1.165, 1.54) is 4.70 Å². The molecule has 0 spiro atoms. The SMILES string of the molecule is C=N/C=C(C)\C=N/CC(O)C(C)Sc1nc2ccccc2s1. The van der Waals surface area contributed by atoms with Gasteiger partial charge in [0.1, 0.15) is 0 Å². The zero-order valence-corrected chi connectivity index (χ0v) is 14.3. The van der Waals surface area contributed by atoms with Crippen molar-refractivity contribution in [3.05, 3.63) is 36.0 Å². The summed E-state index contributed by atoms with van der Waals surface area (Å²) in [4.78, 5) is 12.5. The minimum Gasteiger partial charge on any atom is -0.390 e. The van der Waals surface area contributed by atoms with E-state index in [-0.39, 0.29) is 5.25 Å². The second-order valence-electron chi connectivity index (χ2n) is 4.89. The predicted octanol–water partition coefficient (Wildman–Crippen LogP) is 3.81. The maximum absolute atomic E-state index is 10.2. The number of aliphatic imine (C=N–C) groups is 2. The fourth-order valence-electron chi connectivity index (χ4n) is 1.77. The molecule has 0 saturated carbocycles. The maximum atomic E-state index is 10.2. The average molecular weight is 333 g/mol. The smallest absolute Gasteiger partial charge is 0.151 e. The number of aromatic nitrogens is 1. The van der Waals surface area contributed by atoms with Crippen LogP contribution in [-0.4, -0.2) is 40.9 Å². The number of hydrogen-bond donors (Lipinski definition) is 1. The molecule has 2 atom stereocenters. The van der Waals surface area contributed by atoms with Crippen LogP contribution in [0.2, 0.25) is 0 Å². The van der Waals surface area contributed by atoms with E-state index in [0.717, 1.165) is 15.4 Å². The normalized spacial score (nSPS) is 15.3. The van der Waals surface area contributed by atoms with Gasteiger partial charge in [-0.1, -0.05) is 30.8 Å². The van der Waals surface area contributed by atoms with Crippen molar-refractivity contribution in [2.45, 2.75) is 29.5 Å². The molecule has 2 rings (SSSR count). The molecule has 116 valence electrons. The van der Waals surface area contributed by atoms with Crippen LogP contribution in [-0.2, 0) is 0 Å². The van der Waals surface area contributed by atoms with Crippen molar-refractivity contribution in [1.82, 2.24) is 4.98 Å². The molecule has 2 aromatic rings. The first kappa shape index (κ1) is 16.9. The number of allylic oxidation sites excluding steroid dienone is 1. The van der Waals surface area contributed by atoms with Crippen LogP contribution in [0.25, 0.3) is 10.2 Å². The second-order valence-corrected chi connectivity index (χ2v) is 7.54. The van der Waals surface area contributed by atoms with Crippen LogP contribution in [0.15, 0.2) is 50.4 Å². The third-order valence-electron chi connectivity index (χ3n) is 2.99. The number of nitrogens with zero attached hydrogens (tertiary/aromatic N) is 3. The van der Waals surface area contributed by atoms with Gasteiger partial charge in [0, 0.05) is 17.7 Å². The third kappa shape index (κ3) is 4.76. The minimum absolute atomic E-state index is 0.0273. The van der Waals surface area contributed by atoms with Gasteiger partial charge in [0.2, 0.25) is 0 Å². The molecule has 0 amide bonds. The van der Waals surface area contributed by atoms with E-state index in [0.29, 0.717) is 6.54 Å². The minimum atomic E-state index is -0.516. The Morgan fingerprint density at radius 1 is 1.50 bits per heavy atom. The largest absolute Gasteiger partial charge is 0.390 e. The van der Waals surface area contributed by atoms with Gasteiger partial charge in [-0.2, -0.15) is 0 Å². The summed E-state index contributed by atoms with van der Waals surface area (Å²) in [6.07, 6.45) is 2.82. The van der Waals surface area contributed by atoms with E-state index >= 15 is 0 Å². The van der Waals surface area contributed by atoms with E-state index in [1.807, 2.05) is 32.0 Å². The molecule has 1 aromatic heterocycles. The molecule has 1 aromatic carbocycles. The highest BCUT2D eigenvalue weighted by Crippen LogP contribution is 2.32. The quantitative estimate of drug-likeness (QED) is 0.619. The Morgan fingerprint density at radius 2 is 2.27 bits per heavy atom. The van der Waals surface area contributed by atoms with E-state index < -0.39 is 6.10 Å². The monoisotopic (exact) mass is 333 g/mol. The molecule has 22 heavy (non-hydrogen) atoms. The molecule has 0 aliphatic rings. The lowest BCUT2D eigenvalue weighted by atomic mass is 10.3. The van der Waals surface area contributed by atoms with Gasteiger partial charge in [-0.05, 0) is 31.3 Å². The van der Waals surface area contributed by atoms with Crippen LogP contribution in [0.3, 0.4) is 0 Å². The molecule has 0 radical (unpaired) electrons. The maximum Gasteiger partial charge on any atom is 0.151 e. The molecule has 0 aliphatic carbocycles. The summed E-state index contributed by atoms with van der Waals surface area (Å²) in [5, 5.41) is 10.2. The Balaban J connectivity index is 1.92. The highest BCUT2D eigenvalue weighted by atomic mass is 32.2. The molecule has 0 bridgehead atoms. The summed E-state index contributed by atoms with van der Waals surface area (Å²) in [6, 6.07) is 8.06. The topological polar surface area (TPSA) is 57.8 Å². The summed E-state index contributed by atoms with van der Waals surface area (Å²) < 4.78 is 2.14. The van der Waals surface area contributed by atoms with E-state index in [9.17, 15) is 5.11 Å². The van der Waals surface area contributed by atoms with Crippen LogP contribution < -0.4 is 0 Å². The Bertz CT molecular complexity index is 661. The lowest BCUT2D eigenvalue weighted by molar-refractivity contribution is 0.185. The van der Waals surface area contributed by atoms with Gasteiger partial charge < -0.3 is 5.11 Å². The number of aliphatic hydroxyl groups is 1. The van der Waals surface area contributed by atoms with Gasteiger partial charge >= 0.3 is 0 Å². The van der Waals surface area contributed by atoms with Gasteiger partial charge in [-0.25, -0.2) is 4.98 Å². The Hall–Kier alpha value is -1.50. The summed E-state index contributed by atoms with van der Waals surface area (Å²) in [7, 11) is 0. The molecule has 1 heterocycles. The zero-order valence-electron chi connectivity index (χ0n) is 12.6. The number of aliphatic hydroxyl groups excluding tert-OH is 1. The first-order valence-corrected chi connectivity index (χ1v) is 8.62. The number of hydrogen-bond acceptors (Lipinski definition) is 6. The van der Waals surface area contributed by atoms with Crippen LogP contribution >= 0.6 is 23.1 Å². The standard InChI is InChI=1S/C16H19N3OS2/c1-11(8-17-3)9-18-10-14(20)12(2)21-16-19-13-6-4-5-7-15(13)22-16/h4-9,12,14,20H,3,10H2,1-2H3/b11-8-,18-9-. The predicted molar refractivity (Wildman–Crippen MR) is 97.6 cm³/mol. The van der Waals surface area contributed by atoms with Crippen LogP contribution in [0, 0.1) is 0 Å². The second kappa shape index (κ2) is 8.22. The molecule has 0 saturated heterocycles. The molecule has 0 aliphatic heterocycles. The number of thiazole rings is 1. The highest BCUT2D eigenvalue weighted by molar-refractivity contribution is 8.01. The highest BCUT2D eigenvalue weighted by Gasteiger charge is 2.17. The van der Waals surface area contributed by atoms with Gasteiger partial charge in [0.05, 0.1) is 22.9 Å². The number of para-hydroxylation sites is 1. The summed E-state index contributed by atoms with van der Waals surface area (Å²) in [5.74, 6) is 0. The molecule has 6 heteroatoms.